The number of unbranched alkanes of at least 4 members (excludes halogenated alkanes) is 3. The molecule has 0 unspecified atom stereocenters. The van der Waals surface area contributed by atoms with Gasteiger partial charge in [0, 0.05) is 51.2 Å². The number of rotatable bonds is 32. The summed E-state index contributed by atoms with van der Waals surface area (Å²) in [7, 11) is 0. The molecule has 23 rings (SSSR count). The van der Waals surface area contributed by atoms with E-state index in [1.165, 1.54) is 31.6 Å². The Labute approximate surface area is 747 Å². The lowest BCUT2D eigenvalue weighted by Gasteiger charge is -2.07. The summed E-state index contributed by atoms with van der Waals surface area (Å²) in [6, 6.07) is 54.3. The van der Waals surface area contributed by atoms with Crippen LogP contribution in [-0.4, -0.2) is 99.4 Å². The molecular weight excluding hydrogens is 1690 g/mol. The second kappa shape index (κ2) is 40.5. The lowest BCUT2D eigenvalue weighted by molar-refractivity contribution is 0.283. The molecule has 0 atom stereocenters. The fraction of sp³-hybridized carbons (Fsp3) is 0.143. The lowest BCUT2D eigenvalue weighted by atomic mass is 10.0. The number of furan rings is 17. The minimum absolute atomic E-state index is 0.00899. The van der Waals surface area contributed by atoms with Crippen molar-refractivity contribution in [2.24, 2.45) is 0 Å². The highest BCUT2D eigenvalue weighted by Crippen LogP contribution is 2.49. The fourth-order valence-corrected chi connectivity index (χ4v) is 15.0. The predicted molar refractivity (Wildman–Crippen MR) is 486 cm³/mol. The molecule has 0 aliphatic carbocycles. The molecule has 0 bridgehead atoms. The summed E-state index contributed by atoms with van der Waals surface area (Å²) in [6.45, 7) is 3.28. The first kappa shape index (κ1) is 84.1. The molecule has 0 saturated carbocycles. The Balaban J connectivity index is 0.000000107. The largest absolute Gasteiger partial charge is 0.469 e. The van der Waals surface area contributed by atoms with Crippen molar-refractivity contribution >= 4 is 84.6 Å². The normalized spacial score (nSPS) is 11.2. The number of fused-ring (bicyclic) bond motifs is 5. The monoisotopic (exact) mass is 1770 g/mol. The molecule has 0 aliphatic rings. The summed E-state index contributed by atoms with van der Waals surface area (Å²) in [5.41, 5.74) is 7.20. The Morgan fingerprint density at radius 1 is 0.220 bits per heavy atom. The highest BCUT2D eigenvalue weighted by atomic mass is 16.4. The molecule has 7 N–H and O–H groups in total. The number of hydrogen-bond acceptors (Lipinski definition) is 34. The van der Waals surface area contributed by atoms with E-state index in [-0.39, 0.29) is 13.2 Å². The van der Waals surface area contributed by atoms with Crippen molar-refractivity contribution in [3.8, 4) is 114 Å². The van der Waals surface area contributed by atoms with Gasteiger partial charge < -0.3 is 112 Å². The number of aliphatic hydroxyl groups excluding tert-OH is 2. The Kier molecular flexibility index (Phi) is 25.8. The van der Waals surface area contributed by atoms with Gasteiger partial charge in [-0.1, -0.05) is 43.2 Å². The van der Waals surface area contributed by atoms with Crippen molar-refractivity contribution < 1.29 is 85.3 Å². The number of aliphatic hydroxyl groups is 2. The highest BCUT2D eigenvalue weighted by molar-refractivity contribution is 6.09. The number of nitrogens with zero attached hydrogens (tertiary/aromatic N) is 10. The van der Waals surface area contributed by atoms with Crippen LogP contribution in [0.5, 0.6) is 0 Å². The van der Waals surface area contributed by atoms with Crippen LogP contribution in [0.4, 0.5) is 29.1 Å². The molecule has 23 aromatic rings. The van der Waals surface area contributed by atoms with Crippen molar-refractivity contribution in [1.29, 1.82) is 0 Å². The maximum atomic E-state index is 9.10. The third kappa shape index (κ3) is 18.6. The van der Waals surface area contributed by atoms with Crippen LogP contribution in [0.3, 0.4) is 0 Å². The van der Waals surface area contributed by atoms with E-state index in [2.05, 4.69) is 76.4 Å². The SMILES string of the molecule is OCCCCCCNc1ncnc2oc(-c3ccco3)c(-c3ccco3)c12.OCCNc1ncnc2oc(-c3ccco3)c(-c3ccccc3)c12.c1coc(CCCNc2ncnc3oc(-c4ccco4)c(-c4ccco4)c23)c1.c1coc(CCNc2ncnc3oc(-c4ccco4)c(-c4ccco4)c23)c1.c1coc(CNc2ncnc3oc(-c4ccco4)c(-c4ccco4)c23)c1. The molecule has 132 heavy (non-hydrogen) atoms. The zero-order chi connectivity index (χ0) is 89.0. The lowest BCUT2D eigenvalue weighted by Crippen LogP contribution is -2.07. The molecule has 662 valence electrons. The quantitative estimate of drug-likeness (QED) is 0.0193. The second-order valence-electron chi connectivity index (χ2n) is 29.2. The molecule has 22 heterocycles. The van der Waals surface area contributed by atoms with Gasteiger partial charge in [0.15, 0.2) is 57.6 Å². The van der Waals surface area contributed by atoms with E-state index in [0.717, 1.165) is 136 Å². The van der Waals surface area contributed by atoms with Crippen LogP contribution in [0.2, 0.25) is 0 Å². The summed E-state index contributed by atoms with van der Waals surface area (Å²) in [6.07, 6.45) is 33.2. The molecule has 0 spiro atoms. The first-order valence-electron chi connectivity index (χ1n) is 42.2. The van der Waals surface area contributed by atoms with Gasteiger partial charge in [-0.2, -0.15) is 0 Å². The first-order chi connectivity index (χ1) is 65.5. The maximum absolute atomic E-state index is 9.10. The summed E-state index contributed by atoms with van der Waals surface area (Å²) >= 11 is 0. The van der Waals surface area contributed by atoms with Crippen molar-refractivity contribution in [3.05, 3.63) is 300 Å². The van der Waals surface area contributed by atoms with Crippen molar-refractivity contribution in [3.63, 3.8) is 0 Å². The van der Waals surface area contributed by atoms with Gasteiger partial charge in [-0.05, 0) is 170 Å². The summed E-state index contributed by atoms with van der Waals surface area (Å²) in [4.78, 5) is 43.3. The fourth-order valence-electron chi connectivity index (χ4n) is 15.0. The number of hydrogen-bond donors (Lipinski definition) is 7. The molecule has 0 aliphatic heterocycles. The van der Waals surface area contributed by atoms with Gasteiger partial charge in [0.05, 0.1) is 137 Å². The average molecular weight is 1770 g/mol. The number of benzene rings is 1. The van der Waals surface area contributed by atoms with Crippen molar-refractivity contribution in [2.45, 2.75) is 51.5 Å². The molecule has 1 aromatic carbocycles. The number of aryl methyl sites for hydroxylation is 1. The Hall–Kier alpha value is -17.4. The molecule has 0 amide bonds. The van der Waals surface area contributed by atoms with Crippen molar-refractivity contribution in [2.75, 3.05) is 66.0 Å². The van der Waals surface area contributed by atoms with Crippen LogP contribution in [0, 0.1) is 0 Å². The molecule has 0 saturated heterocycles. The molecule has 0 radical (unpaired) electrons. The van der Waals surface area contributed by atoms with E-state index in [9.17, 15) is 0 Å². The highest BCUT2D eigenvalue weighted by Gasteiger charge is 2.31. The maximum Gasteiger partial charge on any atom is 0.232 e. The standard InChI is InChI=1S/C21H17N3O4.C20H15N3O4.C20H21N3O4.C19H13N3O4.C18H15N3O3/c1(5-14-6-2-10-25-14)9-22-20-18-17(15-7-3-11-26-15)19(16-8-4-12-27-16)28-21(18)24-13-23-20;1-4-13(24-9-1)7-8-21-19-17-16(14-5-2-10-25-14)18(15-6-3-11-26-15)27-20(17)23-12-22-19;24-10-4-2-1-3-9-21-19-17-16(14-7-5-11-25-14)18(15-8-6-12-26-15)27-20(17)23-13-22-19;1-4-12(23-7-1)10-20-18-16-15(13-5-2-8-24-13)17(14-6-3-9-25-14)26-19(16)22-11-21-18;22-9-8-19-17-15-14(12-5-2-1-3-6-12)16(13-7-4-10-23-13)24-18(15)21-11-20-17/h2-4,6-8,10-13H,1,5,9H2,(H,22,23,24);1-6,9-12H,7-8H2,(H,21,22,23);5-8,11-13,24H,1-4,9-10H2,(H,21,22,23);1-9,11H,10H2,(H,20,21,22);1-7,10-11,22H,8-9H2,(H,19,20,21). The minimum Gasteiger partial charge on any atom is -0.469 e. The molecule has 22 aromatic heterocycles. The van der Waals surface area contributed by atoms with Crippen LogP contribution >= 0.6 is 0 Å². The molecule has 34 nitrogen and oxygen atoms in total. The van der Waals surface area contributed by atoms with Gasteiger partial charge in [0.1, 0.15) is 101 Å². The Morgan fingerprint density at radius 3 is 0.841 bits per heavy atom. The zero-order valence-electron chi connectivity index (χ0n) is 70.3. The van der Waals surface area contributed by atoms with Crippen LogP contribution in [0.1, 0.15) is 49.4 Å². The van der Waals surface area contributed by atoms with E-state index in [1.54, 1.807) is 81.2 Å². The van der Waals surface area contributed by atoms with Gasteiger partial charge in [0.25, 0.3) is 0 Å². The molecule has 34 heteroatoms. The predicted octanol–water partition coefficient (Wildman–Crippen LogP) is 23.6. The van der Waals surface area contributed by atoms with Gasteiger partial charge in [-0.15, -0.1) is 0 Å². The van der Waals surface area contributed by atoms with Crippen molar-refractivity contribution in [1.82, 2.24) is 49.8 Å². The van der Waals surface area contributed by atoms with E-state index < -0.39 is 0 Å². The van der Waals surface area contributed by atoms with Gasteiger partial charge in [0.2, 0.25) is 28.6 Å². The number of nitrogens with one attached hydrogen (secondary N) is 5. The summed E-state index contributed by atoms with van der Waals surface area (Å²) in [5, 5.41) is 38.2. The van der Waals surface area contributed by atoms with Gasteiger partial charge in [-0.25, -0.2) is 49.8 Å². The smallest absolute Gasteiger partial charge is 0.232 e. The van der Waals surface area contributed by atoms with E-state index in [0.29, 0.717) is 158 Å². The minimum atomic E-state index is 0.00899. The third-order valence-electron chi connectivity index (χ3n) is 20.8. The average Bonchev–Trinajstić information content (AvgIpc) is 1.62. The van der Waals surface area contributed by atoms with Crippen LogP contribution in [0.15, 0.2) is 358 Å². The molecular formula is C98H81N15O19. The van der Waals surface area contributed by atoms with Crippen LogP contribution < -0.4 is 26.6 Å². The number of anilines is 5. The first-order valence-corrected chi connectivity index (χ1v) is 42.2. The third-order valence-corrected chi connectivity index (χ3v) is 20.8. The number of aromatic nitrogens is 10. The Morgan fingerprint density at radius 2 is 0.508 bits per heavy atom. The zero-order valence-corrected chi connectivity index (χ0v) is 70.3. The second-order valence-corrected chi connectivity index (χ2v) is 29.2. The van der Waals surface area contributed by atoms with E-state index >= 15 is 0 Å². The van der Waals surface area contributed by atoms with Gasteiger partial charge in [-0.3, -0.25) is 0 Å². The van der Waals surface area contributed by atoms with E-state index in [1.807, 2.05) is 170 Å². The van der Waals surface area contributed by atoms with E-state index in [4.69, 9.17) is 85.3 Å². The molecule has 0 fully saturated rings. The Bertz CT molecular complexity index is 7390. The topological polar surface area (TPSA) is 453 Å². The van der Waals surface area contributed by atoms with Crippen LogP contribution in [0.25, 0.3) is 170 Å². The van der Waals surface area contributed by atoms with Gasteiger partial charge >= 0.3 is 0 Å². The van der Waals surface area contributed by atoms with Crippen LogP contribution in [-0.2, 0) is 19.4 Å². The summed E-state index contributed by atoms with van der Waals surface area (Å²) in [5.74, 6) is 14.5. The summed E-state index contributed by atoms with van der Waals surface area (Å²) < 4.78 is 96.3.